The number of amides is 2. The number of nitrogens with two attached hydrogens (primary N) is 1. The van der Waals surface area contributed by atoms with E-state index >= 15 is 0 Å². The molecule has 0 aliphatic carbocycles. The van der Waals surface area contributed by atoms with Crippen molar-refractivity contribution in [3.05, 3.63) is 59.4 Å². The van der Waals surface area contributed by atoms with Crippen molar-refractivity contribution in [2.24, 2.45) is 5.73 Å². The van der Waals surface area contributed by atoms with Crippen LogP contribution in [0.4, 0.5) is 4.79 Å². The number of aryl methyl sites for hydroxylation is 1. The number of ether oxygens (including phenoxy) is 2. The molecule has 2 amide bonds. The van der Waals surface area contributed by atoms with Crippen molar-refractivity contribution >= 4 is 12.0 Å². The zero-order valence-corrected chi connectivity index (χ0v) is 18.6. The van der Waals surface area contributed by atoms with Crippen LogP contribution in [0, 0.1) is 0 Å². The summed E-state index contributed by atoms with van der Waals surface area (Å²) in [6.07, 6.45) is 7.04. The van der Waals surface area contributed by atoms with E-state index in [1.807, 2.05) is 12.1 Å². The molecule has 3 rings (SSSR count). The molecule has 2 heterocycles. The standard InChI is InChI=1S/C24H32N4O4/c1-31-24(30)28-12-9-21(10-13-28)32-22-14-20(16-26-17-22)23(29)27-11-5-4-7-18-6-2-3-8-19(18)15-25/h2-3,6,8,14,16-17,21H,4-5,7,9-13,15,25H2,1H3,(H,27,29). The first-order valence-corrected chi connectivity index (χ1v) is 11.1. The average molecular weight is 441 g/mol. The van der Waals surface area contributed by atoms with Crippen molar-refractivity contribution in [1.82, 2.24) is 15.2 Å². The van der Waals surface area contributed by atoms with Gasteiger partial charge in [0.25, 0.3) is 5.91 Å². The van der Waals surface area contributed by atoms with Crippen LogP contribution in [0.5, 0.6) is 5.75 Å². The van der Waals surface area contributed by atoms with E-state index in [0.29, 0.717) is 50.3 Å². The van der Waals surface area contributed by atoms with Gasteiger partial charge in [-0.1, -0.05) is 24.3 Å². The number of carbonyl (C=O) groups excluding carboxylic acids is 2. The fourth-order valence-corrected chi connectivity index (χ4v) is 3.83. The third-order valence-electron chi connectivity index (χ3n) is 5.65. The van der Waals surface area contributed by atoms with Crippen LogP contribution in [-0.4, -0.2) is 54.7 Å². The van der Waals surface area contributed by atoms with Crippen LogP contribution >= 0.6 is 0 Å². The van der Waals surface area contributed by atoms with E-state index in [2.05, 4.69) is 22.4 Å². The number of nitrogens with zero attached hydrogens (tertiary/aromatic N) is 2. The molecule has 1 aromatic heterocycles. The summed E-state index contributed by atoms with van der Waals surface area (Å²) in [6, 6.07) is 9.91. The SMILES string of the molecule is COC(=O)N1CCC(Oc2cncc(C(=O)NCCCCc3ccccc3CN)c2)CC1. The van der Waals surface area contributed by atoms with Crippen molar-refractivity contribution < 1.29 is 19.1 Å². The first kappa shape index (κ1) is 23.5. The number of unbranched alkanes of at least 4 members (excludes halogenated alkanes) is 1. The number of rotatable bonds is 9. The maximum absolute atomic E-state index is 12.5. The van der Waals surface area contributed by atoms with Gasteiger partial charge < -0.3 is 25.4 Å². The van der Waals surface area contributed by atoms with E-state index < -0.39 is 0 Å². The summed E-state index contributed by atoms with van der Waals surface area (Å²) in [5.74, 6) is 0.401. The highest BCUT2D eigenvalue weighted by Gasteiger charge is 2.24. The lowest BCUT2D eigenvalue weighted by atomic mass is 10.0. The fourth-order valence-electron chi connectivity index (χ4n) is 3.83. The molecule has 3 N–H and O–H groups in total. The Bertz CT molecular complexity index is 897. The summed E-state index contributed by atoms with van der Waals surface area (Å²) < 4.78 is 10.7. The van der Waals surface area contributed by atoms with Gasteiger partial charge in [0.1, 0.15) is 11.9 Å². The summed E-state index contributed by atoms with van der Waals surface area (Å²) in [4.78, 5) is 29.9. The molecule has 1 fully saturated rings. The minimum Gasteiger partial charge on any atom is -0.489 e. The molecule has 172 valence electrons. The molecule has 0 saturated carbocycles. The van der Waals surface area contributed by atoms with Gasteiger partial charge in [-0.15, -0.1) is 0 Å². The largest absolute Gasteiger partial charge is 0.489 e. The molecule has 2 aromatic rings. The van der Waals surface area contributed by atoms with Crippen LogP contribution < -0.4 is 15.8 Å². The normalized spacial score (nSPS) is 14.1. The molecule has 8 heteroatoms. The third-order valence-corrected chi connectivity index (χ3v) is 5.65. The maximum Gasteiger partial charge on any atom is 0.409 e. The smallest absolute Gasteiger partial charge is 0.409 e. The van der Waals surface area contributed by atoms with E-state index in [-0.39, 0.29) is 18.1 Å². The molecule has 1 saturated heterocycles. The monoisotopic (exact) mass is 440 g/mol. The van der Waals surface area contributed by atoms with Gasteiger partial charge in [0, 0.05) is 45.2 Å². The third kappa shape index (κ3) is 6.68. The predicted octanol–water partition coefficient (Wildman–Crippen LogP) is 2.90. The first-order valence-electron chi connectivity index (χ1n) is 11.1. The second kappa shape index (κ2) is 12.0. The first-order chi connectivity index (χ1) is 15.6. The number of carbonyl (C=O) groups is 2. The van der Waals surface area contributed by atoms with Gasteiger partial charge in [-0.05, 0) is 36.5 Å². The Morgan fingerprint density at radius 2 is 1.91 bits per heavy atom. The van der Waals surface area contributed by atoms with Gasteiger partial charge in [-0.25, -0.2) is 4.79 Å². The highest BCUT2D eigenvalue weighted by atomic mass is 16.5. The number of hydrogen-bond acceptors (Lipinski definition) is 6. The van der Waals surface area contributed by atoms with Crippen molar-refractivity contribution in [3.8, 4) is 5.75 Å². The van der Waals surface area contributed by atoms with Crippen LogP contribution in [0.25, 0.3) is 0 Å². The molecular weight excluding hydrogens is 408 g/mol. The zero-order valence-electron chi connectivity index (χ0n) is 18.6. The lowest BCUT2D eigenvalue weighted by Crippen LogP contribution is -2.41. The lowest BCUT2D eigenvalue weighted by molar-refractivity contribution is 0.0786. The molecule has 0 bridgehead atoms. The highest BCUT2D eigenvalue weighted by Crippen LogP contribution is 2.20. The number of pyridine rings is 1. The Kier molecular flexibility index (Phi) is 8.86. The number of aromatic nitrogens is 1. The molecular formula is C24H32N4O4. The topological polar surface area (TPSA) is 107 Å². The Balaban J connectivity index is 1.41. The lowest BCUT2D eigenvalue weighted by Gasteiger charge is -2.31. The second-order valence-corrected chi connectivity index (χ2v) is 7.87. The molecule has 8 nitrogen and oxygen atoms in total. The van der Waals surface area contributed by atoms with E-state index in [1.165, 1.54) is 18.2 Å². The quantitative estimate of drug-likeness (QED) is 0.581. The number of hydrogen-bond donors (Lipinski definition) is 2. The maximum atomic E-state index is 12.5. The average Bonchev–Trinajstić information content (AvgIpc) is 2.84. The van der Waals surface area contributed by atoms with Gasteiger partial charge >= 0.3 is 6.09 Å². The summed E-state index contributed by atoms with van der Waals surface area (Å²) >= 11 is 0. The van der Waals surface area contributed by atoms with E-state index in [4.69, 9.17) is 15.2 Å². The van der Waals surface area contributed by atoms with Crippen LogP contribution in [0.2, 0.25) is 0 Å². The van der Waals surface area contributed by atoms with Gasteiger partial charge in [0.2, 0.25) is 0 Å². The number of methoxy groups -OCH3 is 1. The predicted molar refractivity (Wildman–Crippen MR) is 121 cm³/mol. The van der Waals surface area contributed by atoms with E-state index in [1.54, 1.807) is 23.4 Å². The van der Waals surface area contributed by atoms with Crippen molar-refractivity contribution in [1.29, 1.82) is 0 Å². The Labute approximate surface area is 189 Å². The Hall–Kier alpha value is -3.13. The minimum atomic E-state index is -0.313. The molecule has 0 radical (unpaired) electrons. The number of piperidine rings is 1. The molecule has 1 aliphatic rings. The van der Waals surface area contributed by atoms with Crippen LogP contribution in [0.3, 0.4) is 0 Å². The summed E-state index contributed by atoms with van der Waals surface area (Å²) in [5.41, 5.74) is 8.71. The molecule has 32 heavy (non-hydrogen) atoms. The van der Waals surface area contributed by atoms with E-state index in [9.17, 15) is 9.59 Å². The number of nitrogens with one attached hydrogen (secondary N) is 1. The van der Waals surface area contributed by atoms with Gasteiger partial charge in [0.15, 0.2) is 0 Å². The number of benzene rings is 1. The van der Waals surface area contributed by atoms with Crippen molar-refractivity contribution in [2.45, 2.75) is 44.8 Å². The fraction of sp³-hybridized carbons (Fsp3) is 0.458. The number of likely N-dealkylation sites (tertiary alicyclic amines) is 1. The van der Waals surface area contributed by atoms with Crippen molar-refractivity contribution in [3.63, 3.8) is 0 Å². The van der Waals surface area contributed by atoms with Gasteiger partial charge in [-0.2, -0.15) is 0 Å². The van der Waals surface area contributed by atoms with Crippen molar-refractivity contribution in [2.75, 3.05) is 26.7 Å². The highest BCUT2D eigenvalue weighted by molar-refractivity contribution is 5.94. The Morgan fingerprint density at radius 3 is 2.62 bits per heavy atom. The van der Waals surface area contributed by atoms with Crippen LogP contribution in [-0.2, 0) is 17.7 Å². The summed E-state index contributed by atoms with van der Waals surface area (Å²) in [6.45, 7) is 2.31. The summed E-state index contributed by atoms with van der Waals surface area (Å²) in [5, 5.41) is 2.95. The second-order valence-electron chi connectivity index (χ2n) is 7.87. The minimum absolute atomic E-state index is 0.0209. The van der Waals surface area contributed by atoms with E-state index in [0.717, 1.165) is 19.3 Å². The van der Waals surface area contributed by atoms with Crippen LogP contribution in [0.15, 0.2) is 42.7 Å². The summed E-state index contributed by atoms with van der Waals surface area (Å²) in [7, 11) is 1.38. The Morgan fingerprint density at radius 1 is 1.16 bits per heavy atom. The zero-order chi connectivity index (χ0) is 22.8. The van der Waals surface area contributed by atoms with Crippen LogP contribution in [0.1, 0.15) is 47.2 Å². The van der Waals surface area contributed by atoms with Gasteiger partial charge in [0.05, 0.1) is 18.9 Å². The molecule has 1 aliphatic heterocycles. The molecule has 1 aromatic carbocycles. The van der Waals surface area contributed by atoms with Gasteiger partial charge in [-0.3, -0.25) is 9.78 Å². The molecule has 0 unspecified atom stereocenters. The molecule has 0 atom stereocenters. The molecule has 0 spiro atoms.